The fraction of sp³-hybridized carbons (Fsp3) is 0.438. The predicted octanol–water partition coefficient (Wildman–Crippen LogP) is 3.04. The average molecular weight is 306 g/mol. The van der Waals surface area contributed by atoms with Crippen molar-refractivity contribution in [2.24, 2.45) is 5.73 Å². The minimum Gasteiger partial charge on any atom is -0.493 e. The van der Waals surface area contributed by atoms with Crippen LogP contribution in [0, 0.1) is 6.92 Å². The van der Waals surface area contributed by atoms with Gasteiger partial charge in [-0.15, -0.1) is 0 Å². The molecule has 0 saturated heterocycles. The van der Waals surface area contributed by atoms with Gasteiger partial charge in [0.15, 0.2) is 0 Å². The van der Waals surface area contributed by atoms with Crippen molar-refractivity contribution in [1.82, 2.24) is 9.78 Å². The third kappa shape index (κ3) is 2.43. The lowest BCUT2D eigenvalue weighted by Gasteiger charge is -2.35. The molecule has 0 radical (unpaired) electrons. The number of hydrogen-bond donors (Lipinski definition) is 1. The Kier molecular flexibility index (Phi) is 3.68. The van der Waals surface area contributed by atoms with Crippen LogP contribution in [0.1, 0.15) is 30.3 Å². The van der Waals surface area contributed by atoms with Crippen LogP contribution in [0.3, 0.4) is 0 Å². The van der Waals surface area contributed by atoms with E-state index in [4.69, 9.17) is 22.1 Å². The lowest BCUT2D eigenvalue weighted by Crippen LogP contribution is -2.44. The highest BCUT2D eigenvalue weighted by molar-refractivity contribution is 6.31. The van der Waals surface area contributed by atoms with Gasteiger partial charge in [-0.2, -0.15) is 5.10 Å². The highest BCUT2D eigenvalue weighted by Crippen LogP contribution is 2.38. The molecule has 1 aliphatic heterocycles. The zero-order valence-electron chi connectivity index (χ0n) is 12.4. The van der Waals surface area contributed by atoms with Crippen molar-refractivity contribution < 1.29 is 4.74 Å². The maximum absolute atomic E-state index is 6.72. The van der Waals surface area contributed by atoms with E-state index >= 15 is 0 Å². The first kappa shape index (κ1) is 14.4. The number of ether oxygens (including phenoxy) is 1. The van der Waals surface area contributed by atoms with Gasteiger partial charge in [0.25, 0.3) is 0 Å². The molecule has 0 saturated carbocycles. The van der Waals surface area contributed by atoms with Crippen molar-refractivity contribution in [3.05, 3.63) is 46.2 Å². The number of nitrogens with two attached hydrogens (primary N) is 1. The normalized spacial score (nSPS) is 21.0. The Hall–Kier alpha value is -1.52. The molecule has 1 aromatic heterocycles. The maximum atomic E-state index is 6.72. The summed E-state index contributed by atoms with van der Waals surface area (Å²) in [5.41, 5.74) is 9.18. The van der Waals surface area contributed by atoms with Crippen molar-refractivity contribution in [3.8, 4) is 5.75 Å². The third-order valence-corrected chi connectivity index (χ3v) is 4.66. The third-order valence-electron chi connectivity index (χ3n) is 4.16. The van der Waals surface area contributed by atoms with E-state index in [0.717, 1.165) is 40.7 Å². The van der Waals surface area contributed by atoms with Gasteiger partial charge in [-0.3, -0.25) is 4.68 Å². The van der Waals surface area contributed by atoms with E-state index in [1.54, 1.807) is 0 Å². The van der Waals surface area contributed by atoms with Crippen LogP contribution in [-0.4, -0.2) is 16.4 Å². The number of aryl methyl sites for hydroxylation is 2. The van der Waals surface area contributed by atoms with Crippen LogP contribution >= 0.6 is 11.6 Å². The predicted molar refractivity (Wildman–Crippen MR) is 83.8 cm³/mol. The van der Waals surface area contributed by atoms with Crippen LogP contribution in [-0.2, 0) is 18.5 Å². The molecule has 1 aromatic carbocycles. The maximum Gasteiger partial charge on any atom is 0.124 e. The molecule has 3 rings (SSSR count). The first-order valence-corrected chi connectivity index (χ1v) is 7.66. The first-order chi connectivity index (χ1) is 10.0. The standard InChI is InChI=1S/C16H20ClN3O/c1-3-20-13(15(17)11(2)19-20)10-16(18)8-9-21-14-7-5-4-6-12(14)16/h4-7H,3,8-10,18H2,1-2H3. The van der Waals surface area contributed by atoms with Gasteiger partial charge in [0.2, 0.25) is 0 Å². The Balaban J connectivity index is 2.02. The van der Waals surface area contributed by atoms with Crippen LogP contribution in [0.15, 0.2) is 24.3 Å². The molecule has 4 nitrogen and oxygen atoms in total. The van der Waals surface area contributed by atoms with Crippen molar-refractivity contribution in [2.45, 2.75) is 38.8 Å². The van der Waals surface area contributed by atoms with E-state index in [-0.39, 0.29) is 0 Å². The lowest BCUT2D eigenvalue weighted by atomic mass is 9.81. The van der Waals surface area contributed by atoms with E-state index < -0.39 is 5.54 Å². The van der Waals surface area contributed by atoms with Crippen molar-refractivity contribution in [1.29, 1.82) is 0 Å². The van der Waals surface area contributed by atoms with Crippen LogP contribution in [0.4, 0.5) is 0 Å². The summed E-state index contributed by atoms with van der Waals surface area (Å²) in [5, 5.41) is 5.21. The molecule has 0 spiro atoms. The summed E-state index contributed by atoms with van der Waals surface area (Å²) in [5.74, 6) is 0.877. The van der Waals surface area contributed by atoms with Gasteiger partial charge in [0.1, 0.15) is 5.75 Å². The molecule has 0 aliphatic carbocycles. The summed E-state index contributed by atoms with van der Waals surface area (Å²) in [7, 11) is 0. The Morgan fingerprint density at radius 3 is 2.95 bits per heavy atom. The second-order valence-electron chi connectivity index (χ2n) is 5.59. The molecule has 0 amide bonds. The van der Waals surface area contributed by atoms with Gasteiger partial charge in [-0.25, -0.2) is 0 Å². The van der Waals surface area contributed by atoms with Crippen molar-refractivity contribution in [3.63, 3.8) is 0 Å². The monoisotopic (exact) mass is 305 g/mol. The summed E-state index contributed by atoms with van der Waals surface area (Å²) in [6, 6.07) is 7.99. The van der Waals surface area contributed by atoms with Crippen LogP contribution in [0.5, 0.6) is 5.75 Å². The van der Waals surface area contributed by atoms with Gasteiger partial charge in [0.05, 0.1) is 28.6 Å². The van der Waals surface area contributed by atoms with Crippen LogP contribution in [0.25, 0.3) is 0 Å². The van der Waals surface area contributed by atoms with Crippen LogP contribution in [0.2, 0.25) is 5.02 Å². The minimum absolute atomic E-state index is 0.460. The van der Waals surface area contributed by atoms with Gasteiger partial charge >= 0.3 is 0 Å². The summed E-state index contributed by atoms with van der Waals surface area (Å²) < 4.78 is 7.66. The summed E-state index contributed by atoms with van der Waals surface area (Å²) in [4.78, 5) is 0. The molecular formula is C16H20ClN3O. The SMILES string of the molecule is CCn1nc(C)c(Cl)c1CC1(N)CCOc2ccccc21. The first-order valence-electron chi connectivity index (χ1n) is 7.28. The molecule has 2 N–H and O–H groups in total. The van der Waals surface area contributed by atoms with Gasteiger partial charge in [-0.1, -0.05) is 29.8 Å². The fourth-order valence-corrected chi connectivity index (χ4v) is 3.20. The molecule has 112 valence electrons. The van der Waals surface area contributed by atoms with E-state index in [2.05, 4.69) is 12.0 Å². The number of rotatable bonds is 3. The molecule has 2 heterocycles. The van der Waals surface area contributed by atoms with E-state index in [1.165, 1.54) is 0 Å². The summed E-state index contributed by atoms with van der Waals surface area (Å²) >= 11 is 6.43. The average Bonchev–Trinajstić information content (AvgIpc) is 2.75. The van der Waals surface area contributed by atoms with E-state index in [1.807, 2.05) is 35.9 Å². The Morgan fingerprint density at radius 2 is 2.19 bits per heavy atom. The fourth-order valence-electron chi connectivity index (χ4n) is 3.00. The van der Waals surface area contributed by atoms with E-state index in [9.17, 15) is 0 Å². The number of fused-ring (bicyclic) bond motifs is 1. The Morgan fingerprint density at radius 1 is 1.43 bits per heavy atom. The van der Waals surface area contributed by atoms with Crippen LogP contribution < -0.4 is 10.5 Å². The molecule has 0 fully saturated rings. The summed E-state index contributed by atoms with van der Waals surface area (Å²) in [6.07, 6.45) is 1.44. The number of benzene rings is 1. The zero-order chi connectivity index (χ0) is 15.0. The number of nitrogens with zero attached hydrogens (tertiary/aromatic N) is 2. The highest BCUT2D eigenvalue weighted by atomic mass is 35.5. The smallest absolute Gasteiger partial charge is 0.124 e. The Bertz CT molecular complexity index is 668. The van der Waals surface area contributed by atoms with Crippen molar-refractivity contribution in [2.75, 3.05) is 6.61 Å². The van der Waals surface area contributed by atoms with Crippen molar-refractivity contribution >= 4 is 11.6 Å². The second-order valence-corrected chi connectivity index (χ2v) is 5.97. The molecule has 0 bridgehead atoms. The van der Waals surface area contributed by atoms with Gasteiger partial charge in [-0.05, 0) is 19.9 Å². The second kappa shape index (κ2) is 5.35. The summed E-state index contributed by atoms with van der Waals surface area (Å²) in [6.45, 7) is 5.41. The largest absolute Gasteiger partial charge is 0.493 e. The highest BCUT2D eigenvalue weighted by Gasteiger charge is 2.35. The molecule has 1 aliphatic rings. The Labute approximate surface area is 129 Å². The molecular weight excluding hydrogens is 286 g/mol. The zero-order valence-corrected chi connectivity index (χ0v) is 13.2. The lowest BCUT2D eigenvalue weighted by molar-refractivity contribution is 0.213. The number of hydrogen-bond acceptors (Lipinski definition) is 3. The molecule has 2 aromatic rings. The molecule has 1 atom stereocenters. The number of aromatic nitrogens is 2. The van der Waals surface area contributed by atoms with E-state index in [0.29, 0.717) is 13.0 Å². The molecule has 1 unspecified atom stereocenters. The quantitative estimate of drug-likeness (QED) is 0.948. The number of halogens is 1. The molecule has 21 heavy (non-hydrogen) atoms. The molecule has 5 heteroatoms. The number of para-hydroxylation sites is 1. The minimum atomic E-state index is -0.460. The van der Waals surface area contributed by atoms with Gasteiger partial charge in [0, 0.05) is 24.9 Å². The topological polar surface area (TPSA) is 53.1 Å². The van der Waals surface area contributed by atoms with Gasteiger partial charge < -0.3 is 10.5 Å².